The first-order chi connectivity index (χ1) is 8.33. The molecule has 3 fully saturated rings. The monoisotopic (exact) mass is 239 g/mol. The predicted octanol–water partition coefficient (Wildman–Crippen LogP) is 0.812. The maximum absolute atomic E-state index is 11.9. The predicted molar refractivity (Wildman–Crippen MR) is 62.5 cm³/mol. The summed E-state index contributed by atoms with van der Waals surface area (Å²) in [7, 11) is 0. The highest BCUT2D eigenvalue weighted by atomic mass is 16.5. The highest BCUT2D eigenvalue weighted by Gasteiger charge is 2.41. The van der Waals surface area contributed by atoms with Crippen LogP contribution < -0.4 is 5.32 Å². The standard InChI is InChI=1S/C13H21NO3/c15-13(17-8-9-1-2-16-7-9)10-3-11-5-14-6-12(11)4-10/h9-12,14H,1-8H2/t9?,10?,11-,12+. The number of hydrogen-bond acceptors (Lipinski definition) is 4. The molecule has 0 aromatic heterocycles. The van der Waals surface area contributed by atoms with Gasteiger partial charge in [0.15, 0.2) is 0 Å². The van der Waals surface area contributed by atoms with Crippen LogP contribution in [-0.2, 0) is 14.3 Å². The van der Waals surface area contributed by atoms with Gasteiger partial charge < -0.3 is 14.8 Å². The van der Waals surface area contributed by atoms with Gasteiger partial charge in [0.2, 0.25) is 0 Å². The van der Waals surface area contributed by atoms with E-state index in [-0.39, 0.29) is 11.9 Å². The molecule has 0 spiro atoms. The summed E-state index contributed by atoms with van der Waals surface area (Å²) in [5.41, 5.74) is 0. The van der Waals surface area contributed by atoms with Crippen molar-refractivity contribution in [3.63, 3.8) is 0 Å². The molecule has 0 aromatic rings. The van der Waals surface area contributed by atoms with Crippen molar-refractivity contribution >= 4 is 5.97 Å². The molecule has 4 nitrogen and oxygen atoms in total. The average Bonchev–Trinajstić information content (AvgIpc) is 3.01. The highest BCUT2D eigenvalue weighted by Crippen LogP contribution is 2.39. The Labute approximate surface area is 102 Å². The quantitative estimate of drug-likeness (QED) is 0.740. The van der Waals surface area contributed by atoms with Crippen molar-refractivity contribution in [1.82, 2.24) is 5.32 Å². The average molecular weight is 239 g/mol. The van der Waals surface area contributed by atoms with Crippen molar-refractivity contribution in [2.75, 3.05) is 32.9 Å². The molecule has 1 aliphatic carbocycles. The molecular weight excluding hydrogens is 218 g/mol. The van der Waals surface area contributed by atoms with E-state index in [0.29, 0.717) is 24.4 Å². The third-order valence-corrected chi connectivity index (χ3v) is 4.47. The van der Waals surface area contributed by atoms with E-state index in [9.17, 15) is 4.79 Å². The lowest BCUT2D eigenvalue weighted by atomic mass is 10.0. The summed E-state index contributed by atoms with van der Waals surface area (Å²) in [5, 5.41) is 3.39. The summed E-state index contributed by atoms with van der Waals surface area (Å²) in [6, 6.07) is 0. The van der Waals surface area contributed by atoms with Crippen molar-refractivity contribution in [1.29, 1.82) is 0 Å². The third-order valence-electron chi connectivity index (χ3n) is 4.47. The van der Waals surface area contributed by atoms with Crippen LogP contribution in [0.1, 0.15) is 19.3 Å². The second kappa shape index (κ2) is 4.94. The molecule has 1 N–H and O–H groups in total. The molecule has 1 saturated carbocycles. The first kappa shape index (κ1) is 11.5. The Morgan fingerprint density at radius 1 is 1.29 bits per heavy atom. The minimum atomic E-state index is 0.0336. The molecule has 2 saturated heterocycles. The summed E-state index contributed by atoms with van der Waals surface area (Å²) in [4.78, 5) is 11.9. The van der Waals surface area contributed by atoms with Crippen LogP contribution in [0.3, 0.4) is 0 Å². The van der Waals surface area contributed by atoms with Crippen LogP contribution in [0, 0.1) is 23.7 Å². The summed E-state index contributed by atoms with van der Waals surface area (Å²) in [5.74, 6) is 2.05. The number of carbonyl (C=O) groups excluding carboxylic acids is 1. The van der Waals surface area contributed by atoms with E-state index in [1.807, 2.05) is 0 Å². The minimum Gasteiger partial charge on any atom is -0.465 e. The van der Waals surface area contributed by atoms with Crippen LogP contribution in [0.2, 0.25) is 0 Å². The summed E-state index contributed by atoms with van der Waals surface area (Å²) in [6.07, 6.45) is 3.09. The molecule has 0 radical (unpaired) electrons. The van der Waals surface area contributed by atoms with Gasteiger partial charge in [-0.3, -0.25) is 4.79 Å². The first-order valence-electron chi connectivity index (χ1n) is 6.78. The first-order valence-corrected chi connectivity index (χ1v) is 6.78. The Balaban J connectivity index is 1.43. The normalized spacial score (nSPS) is 40.5. The molecule has 2 unspecified atom stereocenters. The van der Waals surface area contributed by atoms with E-state index >= 15 is 0 Å². The molecule has 2 aliphatic heterocycles. The minimum absolute atomic E-state index is 0.0336. The second-order valence-electron chi connectivity index (χ2n) is 5.71. The van der Waals surface area contributed by atoms with E-state index in [4.69, 9.17) is 9.47 Å². The lowest BCUT2D eigenvalue weighted by Crippen LogP contribution is -2.22. The zero-order chi connectivity index (χ0) is 11.7. The van der Waals surface area contributed by atoms with E-state index in [2.05, 4.69) is 5.32 Å². The second-order valence-corrected chi connectivity index (χ2v) is 5.71. The van der Waals surface area contributed by atoms with Crippen LogP contribution in [0.25, 0.3) is 0 Å². The maximum atomic E-state index is 11.9. The summed E-state index contributed by atoms with van der Waals surface area (Å²) in [6.45, 7) is 4.31. The SMILES string of the molecule is O=C(OCC1CCOC1)C1C[C@H]2CNC[C@H]2C1. The van der Waals surface area contributed by atoms with Crippen LogP contribution in [0.15, 0.2) is 0 Å². The van der Waals surface area contributed by atoms with Crippen molar-refractivity contribution in [3.8, 4) is 0 Å². The number of rotatable bonds is 3. The molecule has 4 heteroatoms. The van der Waals surface area contributed by atoms with Gasteiger partial charge in [-0.25, -0.2) is 0 Å². The number of esters is 1. The molecule has 0 aromatic carbocycles. The van der Waals surface area contributed by atoms with Gasteiger partial charge in [0.05, 0.1) is 19.1 Å². The molecule has 3 rings (SSSR count). The molecule has 0 amide bonds. The van der Waals surface area contributed by atoms with Gasteiger partial charge in [-0.15, -0.1) is 0 Å². The summed E-state index contributed by atoms with van der Waals surface area (Å²) >= 11 is 0. The van der Waals surface area contributed by atoms with Gasteiger partial charge in [-0.2, -0.15) is 0 Å². The van der Waals surface area contributed by atoms with Gasteiger partial charge in [-0.05, 0) is 44.2 Å². The Morgan fingerprint density at radius 3 is 2.71 bits per heavy atom. The number of hydrogen-bond donors (Lipinski definition) is 1. The van der Waals surface area contributed by atoms with Crippen molar-refractivity contribution in [3.05, 3.63) is 0 Å². The topological polar surface area (TPSA) is 47.6 Å². The van der Waals surface area contributed by atoms with Crippen LogP contribution in [-0.4, -0.2) is 38.9 Å². The fourth-order valence-electron chi connectivity index (χ4n) is 3.39. The lowest BCUT2D eigenvalue weighted by molar-refractivity contribution is -0.149. The Morgan fingerprint density at radius 2 is 2.06 bits per heavy atom. The molecule has 2 heterocycles. The summed E-state index contributed by atoms with van der Waals surface area (Å²) < 4.78 is 10.7. The Kier molecular flexibility index (Phi) is 3.34. The third kappa shape index (κ3) is 2.47. The molecule has 3 aliphatic rings. The van der Waals surface area contributed by atoms with E-state index in [1.165, 1.54) is 0 Å². The van der Waals surface area contributed by atoms with Crippen LogP contribution in [0.5, 0.6) is 0 Å². The van der Waals surface area contributed by atoms with Crippen LogP contribution >= 0.6 is 0 Å². The zero-order valence-corrected chi connectivity index (χ0v) is 10.2. The van der Waals surface area contributed by atoms with Crippen molar-refractivity contribution < 1.29 is 14.3 Å². The van der Waals surface area contributed by atoms with Crippen molar-refractivity contribution in [2.24, 2.45) is 23.7 Å². The maximum Gasteiger partial charge on any atom is 0.308 e. The van der Waals surface area contributed by atoms with Crippen LogP contribution in [0.4, 0.5) is 0 Å². The number of nitrogens with one attached hydrogen (secondary N) is 1. The van der Waals surface area contributed by atoms with Crippen molar-refractivity contribution in [2.45, 2.75) is 19.3 Å². The smallest absolute Gasteiger partial charge is 0.308 e. The van der Waals surface area contributed by atoms with E-state index in [1.54, 1.807) is 0 Å². The van der Waals surface area contributed by atoms with Gasteiger partial charge in [0, 0.05) is 12.5 Å². The molecule has 0 bridgehead atoms. The van der Waals surface area contributed by atoms with Gasteiger partial charge in [0.1, 0.15) is 0 Å². The van der Waals surface area contributed by atoms with Gasteiger partial charge >= 0.3 is 5.97 Å². The lowest BCUT2D eigenvalue weighted by Gasteiger charge is -2.13. The zero-order valence-electron chi connectivity index (χ0n) is 10.2. The molecule has 96 valence electrons. The molecule has 17 heavy (non-hydrogen) atoms. The van der Waals surface area contributed by atoms with E-state index < -0.39 is 0 Å². The highest BCUT2D eigenvalue weighted by molar-refractivity contribution is 5.72. The Bertz CT molecular complexity index is 276. The number of ether oxygens (including phenoxy) is 2. The number of carbonyl (C=O) groups is 1. The molecular formula is C13H21NO3. The fraction of sp³-hybridized carbons (Fsp3) is 0.923. The number of fused-ring (bicyclic) bond motifs is 1. The largest absolute Gasteiger partial charge is 0.465 e. The van der Waals surface area contributed by atoms with E-state index in [0.717, 1.165) is 45.6 Å². The van der Waals surface area contributed by atoms with Gasteiger partial charge in [-0.1, -0.05) is 0 Å². The fourth-order valence-corrected chi connectivity index (χ4v) is 3.39. The Hall–Kier alpha value is -0.610. The van der Waals surface area contributed by atoms with Gasteiger partial charge in [0.25, 0.3) is 0 Å². The molecule has 4 atom stereocenters.